The number of nitrogens with two attached hydrogens (primary N) is 1. The van der Waals surface area contributed by atoms with Gasteiger partial charge in [0.15, 0.2) is 11.5 Å². The number of ether oxygens (including phenoxy) is 4. The molecule has 4 bridgehead atoms. The zero-order chi connectivity index (χ0) is 66.8. The minimum absolute atomic E-state index is 0.0384. The third kappa shape index (κ3) is 17.2. The Balaban J connectivity index is 1.07. The zero-order valence-corrected chi connectivity index (χ0v) is 53.6. The van der Waals surface area contributed by atoms with Crippen molar-refractivity contribution in [3.05, 3.63) is 93.7 Å². The number of hydroxylamine groups is 2. The number of alkyl carbamates (subject to hydrolysis) is 1. The summed E-state index contributed by atoms with van der Waals surface area (Å²) in [4.78, 5) is 158. The van der Waals surface area contributed by atoms with Crippen LogP contribution < -0.4 is 31.9 Å². The molecule has 9 amide bonds. The molecule has 1 aromatic heterocycles. The molecule has 0 aliphatic carbocycles. The number of methoxy groups -OCH3 is 1. The minimum Gasteiger partial charge on any atom is -0.457 e. The molecule has 91 heavy (non-hydrogen) atoms. The molecule has 4 aliphatic heterocycles. The molecule has 0 radical (unpaired) electrons. The number of fused-ring (bicyclic) bond motifs is 6. The summed E-state index contributed by atoms with van der Waals surface area (Å²) in [6, 6.07) is 5.62. The number of primary amides is 1. The first-order valence-electron chi connectivity index (χ1n) is 30.3. The Bertz CT molecular complexity index is 3380. The number of unbranched alkanes of at least 4 members (excludes halogenated alkanes) is 1. The maximum atomic E-state index is 14.7. The summed E-state index contributed by atoms with van der Waals surface area (Å²) in [6.07, 6.45) is 1.59. The van der Waals surface area contributed by atoms with Crippen LogP contribution in [0.5, 0.6) is 0 Å². The molecule has 4 aliphatic rings. The number of likely N-dealkylation sites (N-methyl/N-ethyl adjacent to an activating group) is 1. The maximum Gasteiger partial charge on any atom is 0.409 e. The van der Waals surface area contributed by atoms with Crippen LogP contribution >= 0.6 is 11.6 Å². The number of rotatable bonds is 22. The molecule has 7 rings (SSSR count). The first kappa shape index (κ1) is 70.1. The largest absolute Gasteiger partial charge is 0.457 e. The molecule has 0 unspecified atom stereocenters. The fourth-order valence-electron chi connectivity index (χ4n) is 11.5. The van der Waals surface area contributed by atoms with Gasteiger partial charge in [-0.3, -0.25) is 43.9 Å². The highest BCUT2D eigenvalue weighted by molar-refractivity contribution is 6.34. The third-order valence-corrected chi connectivity index (χ3v) is 17.6. The van der Waals surface area contributed by atoms with Crippen molar-refractivity contribution >= 4 is 93.5 Å². The number of anilines is 1. The molecule has 10 atom stereocenters. The number of hydrogen-bond acceptors (Lipinski definition) is 18. The predicted octanol–water partition coefficient (Wildman–Crippen LogP) is 5.03. The number of carbonyl (C=O) groups is 11. The summed E-state index contributed by atoms with van der Waals surface area (Å²) in [5.74, 6) is -6.83. The van der Waals surface area contributed by atoms with Crippen molar-refractivity contribution in [3.8, 4) is 0 Å². The molecule has 492 valence electrons. The van der Waals surface area contributed by atoms with Crippen molar-refractivity contribution in [1.82, 2.24) is 36.2 Å². The van der Waals surface area contributed by atoms with Crippen LogP contribution in [0, 0.1) is 18.8 Å². The summed E-state index contributed by atoms with van der Waals surface area (Å²) in [6.45, 7) is 12.1. The Morgan fingerprint density at radius 2 is 1.68 bits per heavy atom. The Morgan fingerprint density at radius 1 is 0.978 bits per heavy atom. The SMILES string of the molecule is CO[C@@H]1/C=C/C=C(\C)Cc2cc(C)c(Cl)c(c2)N(C)C(=O)C[C@H](OC(=O)[C@H](C)N(C)C(=O)c2ccc(CC(=O)[C@H](CCCNC(N)=O)NC(=O)[C@@H](NC(=O)CCCCC(=O)ON3C(=O)CCC3=O)C(C)C)c3ncccc23)[C@]2(C)O[C@H]2[C@H](C)[C@@H]2C[C@@]1(O)NC(=O)O2. The number of pyridine rings is 1. The topological polar surface area (TPSA) is 354 Å². The molecular weight excluding hydrogens is 1200 g/mol. The second kappa shape index (κ2) is 30.2. The number of nitrogens with zero attached hydrogens (tertiary/aromatic N) is 4. The number of nitrogens with one attached hydrogen (secondary N) is 4. The molecule has 0 saturated carbocycles. The van der Waals surface area contributed by atoms with Gasteiger partial charge in [0, 0.05) is 89.3 Å². The van der Waals surface area contributed by atoms with Gasteiger partial charge in [0.05, 0.1) is 34.8 Å². The van der Waals surface area contributed by atoms with E-state index in [0.29, 0.717) is 38.7 Å². The van der Waals surface area contributed by atoms with Gasteiger partial charge in [0.1, 0.15) is 36.0 Å². The van der Waals surface area contributed by atoms with Crippen molar-refractivity contribution in [3.63, 3.8) is 0 Å². The first-order valence-corrected chi connectivity index (χ1v) is 30.7. The van der Waals surface area contributed by atoms with Gasteiger partial charge >= 0.3 is 24.1 Å². The lowest BCUT2D eigenvalue weighted by Crippen LogP contribution is -2.63. The lowest BCUT2D eigenvalue weighted by Gasteiger charge is -2.42. The standard InChI is InChI=1S/C64H82ClN9O17/c1-34(2)55(70-49(76)20-11-12-21-53(80)91-74-50(77)24-25-51(74)78)58(81)69-43(18-15-27-68-61(66)84)45(75)31-40-22-23-42(41-17-14-26-67-56(40)41)59(82)72(8)38(6)60(83)89-48-32-52(79)73(9)44-30-39(29-36(4)54(44)65)28-35(3)16-13-19-47(87-10)64(86)33-46(88-62(85)71-64)37(5)57-63(48,7)90-57/h13-14,16-17,19,22-23,26,29-30,34,37-38,43,46-48,55,57,86H,11-12,15,18,20-21,24-25,27-28,31-33H2,1-10H3,(H,69,81)(H,70,76)(H,71,85)(H3,66,68,84)/b19-13+,35-16+/t37-,38+,43+,46+,47-,48+,55+,57+,63+,64+/m1/s1. The number of aromatic nitrogens is 1. The lowest BCUT2D eigenvalue weighted by molar-refractivity contribution is -0.197. The number of benzene rings is 2. The van der Waals surface area contributed by atoms with Gasteiger partial charge in [-0.2, -0.15) is 0 Å². The zero-order valence-electron chi connectivity index (χ0n) is 52.9. The minimum atomic E-state index is -1.91. The summed E-state index contributed by atoms with van der Waals surface area (Å²) in [7, 11) is 4.37. The van der Waals surface area contributed by atoms with Crippen molar-refractivity contribution in [2.75, 3.05) is 32.6 Å². The number of ketones is 1. The van der Waals surface area contributed by atoms with E-state index < -0.39 is 137 Å². The van der Waals surface area contributed by atoms with E-state index in [1.807, 2.05) is 26.0 Å². The van der Waals surface area contributed by atoms with E-state index in [1.54, 1.807) is 71.2 Å². The number of halogens is 1. The van der Waals surface area contributed by atoms with Gasteiger partial charge in [-0.25, -0.2) is 19.2 Å². The molecule has 3 aromatic rings. The number of allylic oxidation sites excluding steroid dienone is 3. The van der Waals surface area contributed by atoms with E-state index in [1.165, 1.54) is 43.1 Å². The Hall–Kier alpha value is -8.33. The van der Waals surface area contributed by atoms with Crippen LogP contribution in [0.15, 0.2) is 66.4 Å². The van der Waals surface area contributed by atoms with E-state index in [-0.39, 0.29) is 81.8 Å². The predicted molar refractivity (Wildman–Crippen MR) is 330 cm³/mol. The second-order valence-corrected chi connectivity index (χ2v) is 24.7. The maximum absolute atomic E-state index is 14.7. The smallest absolute Gasteiger partial charge is 0.409 e. The van der Waals surface area contributed by atoms with E-state index in [0.717, 1.165) is 11.1 Å². The number of Topliss-reactive ketones (excluding diaryl/α,β-unsaturated/α-hetero) is 1. The van der Waals surface area contributed by atoms with Crippen LogP contribution in [0.25, 0.3) is 10.9 Å². The molecular formula is C64H82ClN9O17. The molecule has 7 N–H and O–H groups in total. The van der Waals surface area contributed by atoms with Gasteiger partial charge in [-0.05, 0) is 101 Å². The van der Waals surface area contributed by atoms with Gasteiger partial charge < -0.3 is 60.4 Å². The summed E-state index contributed by atoms with van der Waals surface area (Å²) in [5, 5.41) is 23.5. The van der Waals surface area contributed by atoms with Gasteiger partial charge in [0.2, 0.25) is 17.7 Å². The number of aryl methyl sites for hydroxylation is 1. The van der Waals surface area contributed by atoms with E-state index >= 15 is 0 Å². The number of epoxide rings is 1. The molecule has 3 saturated heterocycles. The Morgan fingerprint density at radius 3 is 2.36 bits per heavy atom. The van der Waals surface area contributed by atoms with E-state index in [4.69, 9.17) is 41.1 Å². The first-order chi connectivity index (χ1) is 43.0. The van der Waals surface area contributed by atoms with Gasteiger partial charge in [0.25, 0.3) is 17.7 Å². The molecule has 26 nitrogen and oxygen atoms in total. The number of imide groups is 1. The summed E-state index contributed by atoms with van der Waals surface area (Å²) in [5.41, 5.74) is 5.62. The van der Waals surface area contributed by atoms with Crippen LogP contribution in [0.4, 0.5) is 15.3 Å². The second-order valence-electron chi connectivity index (χ2n) is 24.3. The number of aliphatic hydroxyl groups is 1. The lowest BCUT2D eigenvalue weighted by atomic mass is 9.83. The van der Waals surface area contributed by atoms with Crippen LogP contribution in [-0.2, 0) is 75.0 Å². The highest BCUT2D eigenvalue weighted by Gasteiger charge is 2.64. The van der Waals surface area contributed by atoms with Crippen LogP contribution in [-0.4, -0.2) is 167 Å². The normalized spacial score (nSPS) is 24.5. The van der Waals surface area contributed by atoms with Crippen LogP contribution in [0.2, 0.25) is 5.02 Å². The summed E-state index contributed by atoms with van der Waals surface area (Å²) >= 11 is 6.89. The average molecular weight is 1280 g/mol. The van der Waals surface area contributed by atoms with E-state index in [9.17, 15) is 57.8 Å². The highest BCUT2D eigenvalue weighted by atomic mass is 35.5. The number of hydrogen-bond donors (Lipinski definition) is 6. The van der Waals surface area contributed by atoms with Crippen molar-refractivity contribution < 1.29 is 81.6 Å². The van der Waals surface area contributed by atoms with Crippen molar-refractivity contribution in [2.24, 2.45) is 17.6 Å². The Labute approximate surface area is 532 Å². The van der Waals surface area contributed by atoms with E-state index in [2.05, 4.69) is 26.3 Å². The molecule has 27 heteroatoms. The van der Waals surface area contributed by atoms with Crippen LogP contribution in [0.1, 0.15) is 133 Å². The molecule has 2 aromatic carbocycles. The van der Waals surface area contributed by atoms with Crippen LogP contribution in [0.3, 0.4) is 0 Å². The number of esters is 1. The van der Waals surface area contributed by atoms with Crippen molar-refractivity contribution in [1.29, 1.82) is 0 Å². The highest BCUT2D eigenvalue weighted by Crippen LogP contribution is 2.49. The average Bonchev–Trinajstić information content (AvgIpc) is 1.59. The van der Waals surface area contributed by atoms with Crippen molar-refractivity contribution in [2.45, 2.75) is 179 Å². The summed E-state index contributed by atoms with van der Waals surface area (Å²) < 4.78 is 24.1. The third-order valence-electron chi connectivity index (χ3n) is 17.1. The molecule has 0 spiro atoms. The molecule has 5 heterocycles. The quantitative estimate of drug-likeness (QED) is 0.0332. The number of carbonyl (C=O) groups excluding carboxylic acids is 11. The fraction of sp³-hybridized carbons (Fsp3) is 0.531. The Kier molecular flexibility index (Phi) is 23.3. The monoisotopic (exact) mass is 1280 g/mol. The number of urea groups is 1. The van der Waals surface area contributed by atoms with Gasteiger partial charge in [-0.15, -0.1) is 5.06 Å². The van der Waals surface area contributed by atoms with Gasteiger partial charge in [-0.1, -0.05) is 74.4 Å². The number of amides is 9. The fourth-order valence-corrected chi connectivity index (χ4v) is 11.7. The molecule has 3 fully saturated rings.